The molecule has 0 heterocycles. The highest BCUT2D eigenvalue weighted by Crippen LogP contribution is 2.37. The number of hydrogen-bond donors (Lipinski definition) is 2. The highest BCUT2D eigenvalue weighted by Gasteiger charge is 2.21. The minimum absolute atomic E-state index is 0.113. The molecule has 2 rings (SSSR count). The molecule has 0 aliphatic rings. The van der Waals surface area contributed by atoms with Crippen molar-refractivity contribution in [1.29, 1.82) is 0 Å². The molecule has 0 spiro atoms. The predicted molar refractivity (Wildman–Crippen MR) is 107 cm³/mol. The van der Waals surface area contributed by atoms with Crippen molar-refractivity contribution in [1.82, 2.24) is 0 Å². The number of phenolic OH excluding ortho intramolecular Hbond substituents is 2. The van der Waals surface area contributed by atoms with Gasteiger partial charge in [0.1, 0.15) is 11.5 Å². The second kappa shape index (κ2) is 7.35. The molecule has 0 aliphatic heterocycles. The van der Waals surface area contributed by atoms with Crippen molar-refractivity contribution in [3.63, 3.8) is 0 Å². The molecule has 2 aromatic rings. The summed E-state index contributed by atoms with van der Waals surface area (Å²) in [6, 6.07) is 9.84. The summed E-state index contributed by atoms with van der Waals surface area (Å²) in [4.78, 5) is 0. The van der Waals surface area contributed by atoms with Gasteiger partial charge in [-0.3, -0.25) is 0 Å². The molecule has 0 amide bonds. The average molecular weight is 338 g/mol. The quantitative estimate of drug-likeness (QED) is 0.650. The van der Waals surface area contributed by atoms with Crippen LogP contribution in [0.25, 0.3) is 11.6 Å². The van der Waals surface area contributed by atoms with Gasteiger partial charge in [-0.25, -0.2) is 0 Å². The fraction of sp³-hybridized carbons (Fsp3) is 0.391. The smallest absolute Gasteiger partial charge is 0.122 e. The van der Waals surface area contributed by atoms with Crippen molar-refractivity contribution in [2.24, 2.45) is 0 Å². The zero-order valence-corrected chi connectivity index (χ0v) is 16.3. The van der Waals surface area contributed by atoms with Crippen LogP contribution in [-0.4, -0.2) is 10.2 Å². The van der Waals surface area contributed by atoms with Crippen LogP contribution in [0.15, 0.2) is 30.3 Å². The summed E-state index contributed by atoms with van der Waals surface area (Å²) in [6.07, 6.45) is 4.00. The molecule has 0 saturated heterocycles. The fourth-order valence-electron chi connectivity index (χ4n) is 3.06. The van der Waals surface area contributed by atoms with E-state index in [0.29, 0.717) is 11.5 Å². The zero-order valence-electron chi connectivity index (χ0n) is 16.3. The van der Waals surface area contributed by atoms with Crippen molar-refractivity contribution in [2.45, 2.75) is 59.8 Å². The maximum absolute atomic E-state index is 10.7. The molecule has 25 heavy (non-hydrogen) atoms. The molecule has 2 nitrogen and oxygen atoms in total. The SMILES string of the molecule is CCCc1cc(C(C)=Cc2ccc(O)c(C)c2)cc(C(C)(C)C)c1O. The van der Waals surface area contributed by atoms with Gasteiger partial charge in [-0.1, -0.05) is 46.3 Å². The lowest BCUT2D eigenvalue weighted by atomic mass is 9.82. The summed E-state index contributed by atoms with van der Waals surface area (Å²) in [5.41, 5.74) is 6.11. The Labute approximate surface area is 151 Å². The normalized spacial score (nSPS) is 12.5. The van der Waals surface area contributed by atoms with Crippen LogP contribution in [-0.2, 0) is 11.8 Å². The third kappa shape index (κ3) is 4.45. The number of allylic oxidation sites excluding steroid dienone is 1. The molecule has 2 aromatic carbocycles. The van der Waals surface area contributed by atoms with Gasteiger partial charge in [-0.2, -0.15) is 0 Å². The summed E-state index contributed by atoms with van der Waals surface area (Å²) in [7, 11) is 0. The first-order valence-electron chi connectivity index (χ1n) is 8.98. The lowest BCUT2D eigenvalue weighted by molar-refractivity contribution is 0.439. The average Bonchev–Trinajstić information content (AvgIpc) is 2.52. The van der Waals surface area contributed by atoms with Crippen molar-refractivity contribution in [2.75, 3.05) is 0 Å². The van der Waals surface area contributed by atoms with Gasteiger partial charge in [0.15, 0.2) is 0 Å². The van der Waals surface area contributed by atoms with E-state index in [1.807, 2.05) is 19.1 Å². The van der Waals surface area contributed by atoms with E-state index in [4.69, 9.17) is 0 Å². The number of aryl methyl sites for hydroxylation is 2. The molecular weight excluding hydrogens is 308 g/mol. The monoisotopic (exact) mass is 338 g/mol. The Balaban J connectivity index is 2.54. The van der Waals surface area contributed by atoms with Crippen molar-refractivity contribution in [3.8, 4) is 11.5 Å². The lowest BCUT2D eigenvalue weighted by Gasteiger charge is -2.23. The molecule has 0 atom stereocenters. The largest absolute Gasteiger partial charge is 0.508 e. The van der Waals surface area contributed by atoms with Crippen LogP contribution < -0.4 is 0 Å². The van der Waals surface area contributed by atoms with Crippen LogP contribution in [0, 0.1) is 6.92 Å². The van der Waals surface area contributed by atoms with E-state index in [1.165, 1.54) is 0 Å². The van der Waals surface area contributed by atoms with Crippen molar-refractivity contribution in [3.05, 3.63) is 58.1 Å². The second-order valence-electron chi connectivity index (χ2n) is 7.90. The van der Waals surface area contributed by atoms with Crippen LogP contribution in [0.4, 0.5) is 0 Å². The first-order valence-corrected chi connectivity index (χ1v) is 8.98. The van der Waals surface area contributed by atoms with Gasteiger partial charge < -0.3 is 10.2 Å². The Kier molecular flexibility index (Phi) is 5.62. The number of hydrogen-bond acceptors (Lipinski definition) is 2. The van der Waals surface area contributed by atoms with Crippen LogP contribution >= 0.6 is 0 Å². The summed E-state index contributed by atoms with van der Waals surface area (Å²) >= 11 is 0. The molecule has 2 heteroatoms. The Morgan fingerprint density at radius 3 is 2.32 bits per heavy atom. The Morgan fingerprint density at radius 1 is 1.08 bits per heavy atom. The molecular formula is C23H30O2. The van der Waals surface area contributed by atoms with Crippen molar-refractivity contribution >= 4 is 11.6 Å². The van der Waals surface area contributed by atoms with E-state index in [9.17, 15) is 10.2 Å². The first-order chi connectivity index (χ1) is 11.6. The molecule has 0 radical (unpaired) electrons. The number of phenols is 2. The number of aromatic hydroxyl groups is 2. The van der Waals surface area contributed by atoms with E-state index in [-0.39, 0.29) is 5.41 Å². The molecule has 0 saturated carbocycles. The molecule has 0 bridgehead atoms. The van der Waals surface area contributed by atoms with Gasteiger partial charge in [0.05, 0.1) is 0 Å². The Morgan fingerprint density at radius 2 is 1.76 bits per heavy atom. The summed E-state index contributed by atoms with van der Waals surface area (Å²) in [6.45, 7) is 12.5. The van der Waals surface area contributed by atoms with Crippen LogP contribution in [0.5, 0.6) is 11.5 Å². The van der Waals surface area contributed by atoms with E-state index >= 15 is 0 Å². The van der Waals surface area contributed by atoms with Crippen LogP contribution in [0.3, 0.4) is 0 Å². The summed E-state index contributed by atoms with van der Waals surface area (Å²) in [5.74, 6) is 0.756. The van der Waals surface area contributed by atoms with Gasteiger partial charge in [0, 0.05) is 5.56 Å². The summed E-state index contributed by atoms with van der Waals surface area (Å²) < 4.78 is 0. The molecule has 0 aromatic heterocycles. The van der Waals surface area contributed by atoms with Crippen LogP contribution in [0.2, 0.25) is 0 Å². The van der Waals surface area contributed by atoms with E-state index in [2.05, 4.69) is 52.8 Å². The Hall–Kier alpha value is -2.22. The second-order valence-corrected chi connectivity index (χ2v) is 7.90. The van der Waals surface area contributed by atoms with Gasteiger partial charge >= 0.3 is 0 Å². The van der Waals surface area contributed by atoms with Gasteiger partial charge in [-0.05, 0) is 77.8 Å². The van der Waals surface area contributed by atoms with Gasteiger partial charge in [0.2, 0.25) is 0 Å². The van der Waals surface area contributed by atoms with Gasteiger partial charge in [0.25, 0.3) is 0 Å². The third-order valence-corrected chi connectivity index (χ3v) is 4.58. The zero-order chi connectivity index (χ0) is 18.8. The van der Waals surface area contributed by atoms with E-state index in [0.717, 1.165) is 46.2 Å². The molecule has 0 aliphatic carbocycles. The minimum atomic E-state index is -0.113. The minimum Gasteiger partial charge on any atom is -0.508 e. The molecule has 0 fully saturated rings. The predicted octanol–water partition coefficient (Wildman–Crippen LogP) is 6.22. The number of rotatable bonds is 4. The lowest BCUT2D eigenvalue weighted by Crippen LogP contribution is -2.13. The van der Waals surface area contributed by atoms with E-state index in [1.54, 1.807) is 6.07 Å². The first kappa shape index (κ1) is 19.1. The summed E-state index contributed by atoms with van der Waals surface area (Å²) in [5, 5.41) is 20.4. The fourth-order valence-corrected chi connectivity index (χ4v) is 3.06. The maximum atomic E-state index is 10.7. The molecule has 2 N–H and O–H groups in total. The highest BCUT2D eigenvalue weighted by molar-refractivity contribution is 5.81. The van der Waals surface area contributed by atoms with Crippen molar-refractivity contribution < 1.29 is 10.2 Å². The number of benzene rings is 2. The topological polar surface area (TPSA) is 40.5 Å². The Bertz CT molecular complexity index is 792. The maximum Gasteiger partial charge on any atom is 0.122 e. The third-order valence-electron chi connectivity index (χ3n) is 4.58. The standard InChI is InChI=1S/C23H30O2/c1-7-8-18-13-19(14-20(22(18)25)23(4,5)6)15(2)11-17-9-10-21(24)16(3)12-17/h9-14,24-25H,7-8H2,1-6H3. The van der Waals surface area contributed by atoms with E-state index < -0.39 is 0 Å². The van der Waals surface area contributed by atoms with Crippen LogP contribution in [0.1, 0.15) is 68.9 Å². The highest BCUT2D eigenvalue weighted by atomic mass is 16.3. The molecule has 134 valence electrons. The van der Waals surface area contributed by atoms with Gasteiger partial charge in [-0.15, -0.1) is 0 Å². The molecule has 0 unspecified atom stereocenters.